The zero-order valence-electron chi connectivity index (χ0n) is 12.2. The van der Waals surface area contributed by atoms with Crippen LogP contribution in [0.3, 0.4) is 0 Å². The van der Waals surface area contributed by atoms with E-state index in [1.54, 1.807) is 6.33 Å². The second-order valence-electron chi connectivity index (χ2n) is 5.13. The Morgan fingerprint density at radius 3 is 2.91 bits per heavy atom. The number of hydrogen-bond acceptors (Lipinski definition) is 3. The normalized spacial score (nSPS) is 10.8. The first-order valence-corrected chi connectivity index (χ1v) is 7.25. The summed E-state index contributed by atoms with van der Waals surface area (Å²) in [4.78, 5) is 16.4. The van der Waals surface area contributed by atoms with Crippen LogP contribution >= 0.6 is 0 Å². The number of anilines is 1. The van der Waals surface area contributed by atoms with Crippen LogP contribution in [0.25, 0.3) is 11.0 Å². The SMILES string of the molecule is NCc1cccc(NC(=O)CCn2cnc3ccccc32)c1. The Bertz CT molecular complexity index is 794. The number of nitrogens with zero attached hydrogens (tertiary/aromatic N) is 2. The first-order valence-electron chi connectivity index (χ1n) is 7.25. The Kier molecular flexibility index (Phi) is 4.16. The van der Waals surface area contributed by atoms with Crippen LogP contribution in [0, 0.1) is 0 Å². The van der Waals surface area contributed by atoms with Gasteiger partial charge in [-0.2, -0.15) is 0 Å². The summed E-state index contributed by atoms with van der Waals surface area (Å²) in [7, 11) is 0. The van der Waals surface area contributed by atoms with Crippen molar-refractivity contribution in [1.82, 2.24) is 9.55 Å². The van der Waals surface area contributed by atoms with E-state index < -0.39 is 0 Å². The van der Waals surface area contributed by atoms with Crippen molar-refractivity contribution >= 4 is 22.6 Å². The number of nitrogens with one attached hydrogen (secondary N) is 1. The highest BCUT2D eigenvalue weighted by Crippen LogP contribution is 2.13. The first-order chi connectivity index (χ1) is 10.8. The Balaban J connectivity index is 1.62. The minimum Gasteiger partial charge on any atom is -0.330 e. The van der Waals surface area contributed by atoms with E-state index in [9.17, 15) is 4.79 Å². The number of nitrogens with two attached hydrogens (primary N) is 1. The van der Waals surface area contributed by atoms with Gasteiger partial charge in [-0.1, -0.05) is 24.3 Å². The topological polar surface area (TPSA) is 72.9 Å². The molecule has 0 saturated heterocycles. The molecule has 0 radical (unpaired) electrons. The van der Waals surface area contributed by atoms with E-state index in [-0.39, 0.29) is 5.91 Å². The molecule has 3 N–H and O–H groups in total. The fourth-order valence-corrected chi connectivity index (χ4v) is 2.41. The van der Waals surface area contributed by atoms with Crippen LogP contribution in [0.1, 0.15) is 12.0 Å². The minimum atomic E-state index is -0.0213. The predicted molar refractivity (Wildman–Crippen MR) is 87.3 cm³/mol. The molecule has 5 nitrogen and oxygen atoms in total. The number of carbonyl (C=O) groups is 1. The largest absolute Gasteiger partial charge is 0.330 e. The van der Waals surface area contributed by atoms with Gasteiger partial charge in [0.2, 0.25) is 5.91 Å². The zero-order valence-corrected chi connectivity index (χ0v) is 12.2. The molecule has 0 aliphatic heterocycles. The first kappa shape index (κ1) is 14.3. The number of amides is 1. The van der Waals surface area contributed by atoms with E-state index in [4.69, 9.17) is 5.73 Å². The van der Waals surface area contributed by atoms with Gasteiger partial charge in [0.05, 0.1) is 17.4 Å². The van der Waals surface area contributed by atoms with E-state index in [0.717, 1.165) is 22.3 Å². The van der Waals surface area contributed by atoms with Gasteiger partial charge >= 0.3 is 0 Å². The number of hydrogen-bond donors (Lipinski definition) is 2. The van der Waals surface area contributed by atoms with Crippen molar-refractivity contribution in [3.8, 4) is 0 Å². The van der Waals surface area contributed by atoms with Crippen LogP contribution in [-0.4, -0.2) is 15.5 Å². The maximum atomic E-state index is 12.1. The van der Waals surface area contributed by atoms with Crippen molar-refractivity contribution in [1.29, 1.82) is 0 Å². The Labute approximate surface area is 128 Å². The second kappa shape index (κ2) is 6.41. The van der Waals surface area contributed by atoms with Crippen LogP contribution in [0.5, 0.6) is 0 Å². The van der Waals surface area contributed by atoms with Crippen molar-refractivity contribution < 1.29 is 4.79 Å². The van der Waals surface area contributed by atoms with Gasteiger partial charge in [0, 0.05) is 25.2 Å². The van der Waals surface area contributed by atoms with Crippen molar-refractivity contribution in [3.05, 3.63) is 60.4 Å². The fourth-order valence-electron chi connectivity index (χ4n) is 2.41. The van der Waals surface area contributed by atoms with Crippen molar-refractivity contribution in [2.45, 2.75) is 19.5 Å². The molecule has 0 aliphatic carbocycles. The Hall–Kier alpha value is -2.66. The average molecular weight is 294 g/mol. The van der Waals surface area contributed by atoms with Gasteiger partial charge in [0.1, 0.15) is 0 Å². The standard InChI is InChI=1S/C17H18N4O/c18-11-13-4-3-5-14(10-13)20-17(22)8-9-21-12-19-15-6-1-2-7-16(15)21/h1-7,10,12H,8-9,11,18H2,(H,20,22). The quantitative estimate of drug-likeness (QED) is 0.759. The molecule has 1 amide bonds. The molecule has 2 aromatic carbocycles. The van der Waals surface area contributed by atoms with Crippen LogP contribution in [0.4, 0.5) is 5.69 Å². The molecule has 5 heteroatoms. The van der Waals surface area contributed by atoms with Crippen LogP contribution in [0.15, 0.2) is 54.9 Å². The summed E-state index contributed by atoms with van der Waals surface area (Å²) in [5.74, 6) is -0.0213. The Morgan fingerprint density at radius 2 is 2.05 bits per heavy atom. The minimum absolute atomic E-state index is 0.0213. The van der Waals surface area contributed by atoms with E-state index in [0.29, 0.717) is 19.5 Å². The van der Waals surface area contributed by atoms with E-state index in [1.165, 1.54) is 0 Å². The van der Waals surface area contributed by atoms with E-state index >= 15 is 0 Å². The van der Waals surface area contributed by atoms with Gasteiger partial charge in [-0.3, -0.25) is 4.79 Å². The summed E-state index contributed by atoms with van der Waals surface area (Å²) in [5, 5.41) is 2.90. The van der Waals surface area contributed by atoms with Crippen LogP contribution < -0.4 is 11.1 Å². The summed E-state index contributed by atoms with van der Waals surface area (Å²) in [5.41, 5.74) is 9.37. The molecule has 0 atom stereocenters. The molecule has 0 saturated carbocycles. The number of aryl methyl sites for hydroxylation is 1. The number of imidazole rings is 1. The zero-order chi connectivity index (χ0) is 15.4. The molecule has 112 valence electrons. The highest BCUT2D eigenvalue weighted by Gasteiger charge is 2.06. The fraction of sp³-hybridized carbons (Fsp3) is 0.176. The molecule has 0 aliphatic rings. The molecule has 1 aromatic heterocycles. The molecule has 0 bridgehead atoms. The number of carbonyl (C=O) groups excluding carboxylic acids is 1. The van der Waals surface area contributed by atoms with Gasteiger partial charge in [-0.25, -0.2) is 4.98 Å². The summed E-state index contributed by atoms with van der Waals surface area (Å²) in [6.45, 7) is 1.06. The van der Waals surface area contributed by atoms with Crippen LogP contribution in [0.2, 0.25) is 0 Å². The number of fused-ring (bicyclic) bond motifs is 1. The van der Waals surface area contributed by atoms with E-state index in [2.05, 4.69) is 10.3 Å². The Morgan fingerprint density at radius 1 is 1.18 bits per heavy atom. The third-order valence-electron chi connectivity index (χ3n) is 3.55. The molecule has 3 aromatic rings. The van der Waals surface area contributed by atoms with Crippen molar-refractivity contribution in [3.63, 3.8) is 0 Å². The molecule has 22 heavy (non-hydrogen) atoms. The molecule has 1 heterocycles. The second-order valence-corrected chi connectivity index (χ2v) is 5.13. The lowest BCUT2D eigenvalue weighted by Gasteiger charge is -2.07. The van der Waals surface area contributed by atoms with Gasteiger partial charge in [0.15, 0.2) is 0 Å². The third kappa shape index (κ3) is 3.15. The van der Waals surface area contributed by atoms with Gasteiger partial charge in [-0.15, -0.1) is 0 Å². The highest BCUT2D eigenvalue weighted by atomic mass is 16.1. The molecule has 0 fully saturated rings. The monoisotopic (exact) mass is 294 g/mol. The summed E-state index contributed by atoms with van der Waals surface area (Å²) in [6.07, 6.45) is 2.17. The maximum Gasteiger partial charge on any atom is 0.226 e. The van der Waals surface area contributed by atoms with Crippen molar-refractivity contribution in [2.75, 3.05) is 5.32 Å². The van der Waals surface area contributed by atoms with Crippen LogP contribution in [-0.2, 0) is 17.9 Å². The third-order valence-corrected chi connectivity index (χ3v) is 3.55. The lowest BCUT2D eigenvalue weighted by molar-refractivity contribution is -0.116. The summed E-state index contributed by atoms with van der Waals surface area (Å²) >= 11 is 0. The lowest BCUT2D eigenvalue weighted by atomic mass is 10.2. The number of benzene rings is 2. The van der Waals surface area contributed by atoms with Gasteiger partial charge in [-0.05, 0) is 29.8 Å². The highest BCUT2D eigenvalue weighted by molar-refractivity contribution is 5.90. The number of rotatable bonds is 5. The smallest absolute Gasteiger partial charge is 0.226 e. The molecular formula is C17H18N4O. The molecule has 0 spiro atoms. The summed E-state index contributed by atoms with van der Waals surface area (Å²) < 4.78 is 1.99. The van der Waals surface area contributed by atoms with E-state index in [1.807, 2.05) is 53.1 Å². The maximum absolute atomic E-state index is 12.1. The van der Waals surface area contributed by atoms with Gasteiger partial charge < -0.3 is 15.6 Å². The summed E-state index contributed by atoms with van der Waals surface area (Å²) in [6, 6.07) is 15.5. The predicted octanol–water partition coefficient (Wildman–Crippen LogP) is 2.52. The van der Waals surface area contributed by atoms with Crippen molar-refractivity contribution in [2.24, 2.45) is 5.73 Å². The molecule has 0 unspecified atom stereocenters. The molecule has 3 rings (SSSR count). The average Bonchev–Trinajstić information content (AvgIpc) is 2.96. The molecular weight excluding hydrogens is 276 g/mol. The number of aromatic nitrogens is 2. The lowest BCUT2D eigenvalue weighted by Crippen LogP contribution is -2.14. The van der Waals surface area contributed by atoms with Gasteiger partial charge in [0.25, 0.3) is 0 Å². The number of para-hydroxylation sites is 2.